The van der Waals surface area contributed by atoms with Gasteiger partial charge in [-0.3, -0.25) is 0 Å². The smallest absolute Gasteiger partial charge is 0.138 e. The third-order valence-electron chi connectivity index (χ3n) is 4.10. The van der Waals surface area contributed by atoms with E-state index in [4.69, 9.17) is 0 Å². The molecule has 0 amide bonds. The molecular formula is C17H16IN3. The van der Waals surface area contributed by atoms with E-state index in [2.05, 4.69) is 74.0 Å². The number of anilines is 1. The quantitative estimate of drug-likeness (QED) is 0.525. The van der Waals surface area contributed by atoms with Crippen LogP contribution in [0.5, 0.6) is 0 Å². The maximum atomic E-state index is 4.60. The number of benzene rings is 1. The number of fused-ring (bicyclic) bond motifs is 1. The van der Waals surface area contributed by atoms with E-state index in [1.807, 2.05) is 12.3 Å². The van der Waals surface area contributed by atoms with Crippen LogP contribution in [0.3, 0.4) is 0 Å². The molecule has 4 rings (SSSR count). The molecule has 1 fully saturated rings. The van der Waals surface area contributed by atoms with Gasteiger partial charge in [-0.1, -0.05) is 52.9 Å². The fourth-order valence-corrected chi connectivity index (χ4v) is 3.73. The highest BCUT2D eigenvalue weighted by Crippen LogP contribution is 2.31. The first-order valence-corrected chi connectivity index (χ1v) is 8.47. The Labute approximate surface area is 137 Å². The summed E-state index contributed by atoms with van der Waals surface area (Å²) in [6.45, 7) is 2.25. The zero-order valence-corrected chi connectivity index (χ0v) is 13.7. The second-order valence-electron chi connectivity index (χ2n) is 5.49. The van der Waals surface area contributed by atoms with Crippen LogP contribution >= 0.6 is 22.6 Å². The van der Waals surface area contributed by atoms with Crippen LogP contribution in [-0.4, -0.2) is 27.0 Å². The summed E-state index contributed by atoms with van der Waals surface area (Å²) in [5.74, 6) is 0. The van der Waals surface area contributed by atoms with E-state index in [1.54, 1.807) is 0 Å². The molecule has 0 bridgehead atoms. The molecular weight excluding hydrogens is 373 g/mol. The van der Waals surface area contributed by atoms with Crippen molar-refractivity contribution in [1.29, 1.82) is 0 Å². The van der Waals surface area contributed by atoms with Crippen LogP contribution in [0.1, 0.15) is 6.42 Å². The van der Waals surface area contributed by atoms with Gasteiger partial charge in [0.15, 0.2) is 0 Å². The Kier molecular flexibility index (Phi) is 3.33. The molecule has 4 heteroatoms. The van der Waals surface area contributed by atoms with Crippen LogP contribution in [0.25, 0.3) is 22.2 Å². The Hall–Kier alpha value is -1.56. The average Bonchev–Trinajstić information content (AvgIpc) is 3.13. The number of alkyl halides is 1. The van der Waals surface area contributed by atoms with E-state index < -0.39 is 0 Å². The lowest BCUT2D eigenvalue weighted by atomic mass is 10.1. The predicted octanol–water partition coefficient (Wildman–Crippen LogP) is 4.24. The number of hydrogen-bond acceptors (Lipinski definition) is 2. The van der Waals surface area contributed by atoms with Crippen LogP contribution in [0.15, 0.2) is 48.8 Å². The fraction of sp³-hybridized carbons (Fsp3) is 0.235. The van der Waals surface area contributed by atoms with Crippen LogP contribution < -0.4 is 4.90 Å². The number of rotatable bonds is 2. The Balaban J connectivity index is 1.79. The summed E-state index contributed by atoms with van der Waals surface area (Å²) in [5, 5.41) is 1.20. The van der Waals surface area contributed by atoms with Crippen molar-refractivity contribution in [3.05, 3.63) is 48.8 Å². The van der Waals surface area contributed by atoms with Gasteiger partial charge < -0.3 is 9.88 Å². The van der Waals surface area contributed by atoms with Crippen molar-refractivity contribution in [2.24, 2.45) is 0 Å². The molecule has 21 heavy (non-hydrogen) atoms. The van der Waals surface area contributed by atoms with Crippen LogP contribution in [-0.2, 0) is 0 Å². The molecule has 1 aromatic carbocycles. The van der Waals surface area contributed by atoms with Crippen LogP contribution in [0, 0.1) is 0 Å². The van der Waals surface area contributed by atoms with Gasteiger partial charge in [0.05, 0.1) is 11.9 Å². The number of hydrogen-bond donors (Lipinski definition) is 1. The van der Waals surface area contributed by atoms with Crippen molar-refractivity contribution in [3.63, 3.8) is 0 Å². The number of pyridine rings is 1. The third-order valence-corrected chi connectivity index (χ3v) is 5.11. The summed E-state index contributed by atoms with van der Waals surface area (Å²) < 4.78 is 0.748. The first-order chi connectivity index (χ1) is 10.3. The van der Waals surface area contributed by atoms with Gasteiger partial charge in [0.2, 0.25) is 0 Å². The van der Waals surface area contributed by atoms with Gasteiger partial charge in [-0.15, -0.1) is 0 Å². The van der Waals surface area contributed by atoms with Gasteiger partial charge in [-0.25, -0.2) is 4.98 Å². The standard InChI is InChI=1S/C17H16IN3/c18-13-6-7-21(11-13)14-8-15-16(10-20-17(15)19-9-14)12-4-2-1-3-5-12/h1-5,8-10,13H,6-7,11H2,(H,19,20). The normalized spacial score (nSPS) is 18.5. The molecule has 1 atom stereocenters. The van der Waals surface area contributed by atoms with Crippen molar-refractivity contribution in [2.75, 3.05) is 18.0 Å². The minimum Gasteiger partial charge on any atom is -0.369 e. The minimum atomic E-state index is 0.748. The summed E-state index contributed by atoms with van der Waals surface area (Å²) in [4.78, 5) is 10.3. The number of nitrogens with one attached hydrogen (secondary N) is 1. The molecule has 0 radical (unpaired) electrons. The lowest BCUT2D eigenvalue weighted by molar-refractivity contribution is 0.964. The van der Waals surface area contributed by atoms with Crippen LogP contribution in [0.4, 0.5) is 5.69 Å². The molecule has 3 aromatic rings. The monoisotopic (exact) mass is 389 g/mol. The molecule has 1 N–H and O–H groups in total. The van der Waals surface area contributed by atoms with Crippen LogP contribution in [0.2, 0.25) is 0 Å². The Bertz CT molecular complexity index is 766. The number of nitrogens with zero attached hydrogens (tertiary/aromatic N) is 2. The van der Waals surface area contributed by atoms with Crippen molar-refractivity contribution >= 4 is 39.3 Å². The average molecular weight is 389 g/mol. The van der Waals surface area contributed by atoms with Crippen molar-refractivity contribution in [2.45, 2.75) is 10.3 Å². The van der Waals surface area contributed by atoms with Crippen molar-refractivity contribution < 1.29 is 0 Å². The van der Waals surface area contributed by atoms with Crippen molar-refractivity contribution in [3.8, 4) is 11.1 Å². The molecule has 1 unspecified atom stereocenters. The second kappa shape index (κ2) is 5.33. The Morgan fingerprint density at radius 1 is 1.24 bits per heavy atom. The Morgan fingerprint density at radius 2 is 2.10 bits per heavy atom. The first kappa shape index (κ1) is 13.1. The molecule has 3 nitrogen and oxygen atoms in total. The summed E-state index contributed by atoms with van der Waals surface area (Å²) in [6, 6.07) is 12.8. The van der Waals surface area contributed by atoms with Crippen molar-refractivity contribution in [1.82, 2.24) is 9.97 Å². The summed E-state index contributed by atoms with van der Waals surface area (Å²) >= 11 is 2.54. The molecule has 0 spiro atoms. The van der Waals surface area contributed by atoms with E-state index in [0.717, 1.165) is 22.7 Å². The number of aromatic nitrogens is 2. The van der Waals surface area contributed by atoms with E-state index in [0.29, 0.717) is 0 Å². The van der Waals surface area contributed by atoms with E-state index in [9.17, 15) is 0 Å². The second-order valence-corrected chi connectivity index (χ2v) is 7.25. The summed E-state index contributed by atoms with van der Waals surface area (Å²) in [7, 11) is 0. The maximum absolute atomic E-state index is 4.60. The van der Waals surface area contributed by atoms with Gasteiger partial charge in [-0.2, -0.15) is 0 Å². The summed E-state index contributed by atoms with van der Waals surface area (Å²) in [6.07, 6.45) is 5.31. The summed E-state index contributed by atoms with van der Waals surface area (Å²) in [5.41, 5.74) is 4.65. The minimum absolute atomic E-state index is 0.748. The SMILES string of the molecule is IC1CCN(c2cnc3[nH]cc(-c4ccccc4)c3c2)C1. The molecule has 1 aliphatic rings. The highest BCUT2D eigenvalue weighted by atomic mass is 127. The highest BCUT2D eigenvalue weighted by Gasteiger charge is 2.21. The topological polar surface area (TPSA) is 31.9 Å². The zero-order chi connectivity index (χ0) is 14.2. The molecule has 2 aromatic heterocycles. The van der Waals surface area contributed by atoms with Gasteiger partial charge in [0.25, 0.3) is 0 Å². The maximum Gasteiger partial charge on any atom is 0.138 e. The molecule has 0 aliphatic carbocycles. The van der Waals surface area contributed by atoms with Gasteiger partial charge in [-0.05, 0) is 18.1 Å². The Morgan fingerprint density at radius 3 is 2.86 bits per heavy atom. The van der Waals surface area contributed by atoms with Gasteiger partial charge in [0, 0.05) is 34.2 Å². The molecule has 1 saturated heterocycles. The molecule has 3 heterocycles. The number of halogens is 1. The van der Waals surface area contributed by atoms with Gasteiger partial charge >= 0.3 is 0 Å². The van der Waals surface area contributed by atoms with Gasteiger partial charge in [0.1, 0.15) is 5.65 Å². The van der Waals surface area contributed by atoms with E-state index >= 15 is 0 Å². The highest BCUT2D eigenvalue weighted by molar-refractivity contribution is 14.1. The lowest BCUT2D eigenvalue weighted by Gasteiger charge is -2.17. The first-order valence-electron chi connectivity index (χ1n) is 7.23. The number of H-pyrrole nitrogens is 1. The fourth-order valence-electron chi connectivity index (χ4n) is 2.97. The molecule has 106 valence electrons. The largest absolute Gasteiger partial charge is 0.369 e. The zero-order valence-electron chi connectivity index (χ0n) is 11.6. The molecule has 0 saturated carbocycles. The lowest BCUT2D eigenvalue weighted by Crippen LogP contribution is -2.19. The van der Waals surface area contributed by atoms with E-state index in [-0.39, 0.29) is 0 Å². The predicted molar refractivity (Wildman–Crippen MR) is 96.2 cm³/mol. The third kappa shape index (κ3) is 2.41. The molecule has 1 aliphatic heterocycles. The number of aromatic amines is 1. The van der Waals surface area contributed by atoms with E-state index in [1.165, 1.54) is 28.6 Å².